The van der Waals surface area contributed by atoms with E-state index in [0.717, 1.165) is 0 Å². The lowest BCUT2D eigenvalue weighted by atomic mass is 9.82. The molecule has 1 amide bonds. The number of carbonyl (C=O) groups is 3. The van der Waals surface area contributed by atoms with Gasteiger partial charge in [-0.05, 0) is 32.1 Å². The van der Waals surface area contributed by atoms with Crippen molar-refractivity contribution >= 4 is 17.8 Å². The Bertz CT molecular complexity index is 458. The highest BCUT2D eigenvalue weighted by Gasteiger charge is 2.51. The summed E-state index contributed by atoms with van der Waals surface area (Å²) >= 11 is 0. The first kappa shape index (κ1) is 14.6. The molecular formula is C14H19NO5. The van der Waals surface area contributed by atoms with E-state index in [1.54, 1.807) is 6.92 Å². The largest absolute Gasteiger partial charge is 0.481 e. The Kier molecular flexibility index (Phi) is 4.11. The van der Waals surface area contributed by atoms with Crippen molar-refractivity contribution in [3.8, 4) is 0 Å². The fourth-order valence-electron chi connectivity index (χ4n) is 3.15. The summed E-state index contributed by atoms with van der Waals surface area (Å²) in [5.41, 5.74) is 0. The molecule has 1 fully saturated rings. The molecule has 1 saturated carbocycles. The Hall–Kier alpha value is -1.85. The summed E-state index contributed by atoms with van der Waals surface area (Å²) in [7, 11) is 0. The van der Waals surface area contributed by atoms with Crippen LogP contribution in [0.4, 0.5) is 0 Å². The van der Waals surface area contributed by atoms with Crippen LogP contribution >= 0.6 is 0 Å². The van der Waals surface area contributed by atoms with Crippen molar-refractivity contribution in [2.24, 2.45) is 23.7 Å². The molecule has 110 valence electrons. The first-order valence-electron chi connectivity index (χ1n) is 6.83. The third-order valence-corrected chi connectivity index (χ3v) is 4.05. The van der Waals surface area contributed by atoms with Gasteiger partial charge in [-0.15, -0.1) is 0 Å². The zero-order valence-corrected chi connectivity index (χ0v) is 11.5. The van der Waals surface area contributed by atoms with Crippen LogP contribution in [-0.4, -0.2) is 35.6 Å². The summed E-state index contributed by atoms with van der Waals surface area (Å²) in [5, 5.41) is 11.8. The highest BCUT2D eigenvalue weighted by Crippen LogP contribution is 2.48. The number of nitrogens with one attached hydrogen (secondary N) is 1. The molecule has 0 aromatic carbocycles. The van der Waals surface area contributed by atoms with Crippen LogP contribution in [-0.2, 0) is 19.1 Å². The molecule has 2 aliphatic rings. The van der Waals surface area contributed by atoms with E-state index in [4.69, 9.17) is 4.74 Å². The maximum atomic E-state index is 12.3. The van der Waals surface area contributed by atoms with E-state index >= 15 is 0 Å². The van der Waals surface area contributed by atoms with Crippen LogP contribution < -0.4 is 5.32 Å². The number of hydrogen-bond donors (Lipinski definition) is 2. The predicted octanol–water partition coefficient (Wildman–Crippen LogP) is 0.577. The average Bonchev–Trinajstić information content (AvgIpc) is 2.98. The molecule has 0 aromatic heterocycles. The molecule has 2 bridgehead atoms. The van der Waals surface area contributed by atoms with E-state index in [1.165, 1.54) is 6.92 Å². The molecule has 0 spiro atoms. The number of amides is 1. The molecule has 6 nitrogen and oxygen atoms in total. The van der Waals surface area contributed by atoms with Crippen molar-refractivity contribution in [1.82, 2.24) is 5.32 Å². The Morgan fingerprint density at radius 3 is 2.45 bits per heavy atom. The summed E-state index contributed by atoms with van der Waals surface area (Å²) in [4.78, 5) is 35.1. The summed E-state index contributed by atoms with van der Waals surface area (Å²) in [5.74, 6) is -3.26. The highest BCUT2D eigenvalue weighted by atomic mass is 16.5. The number of hydrogen-bond acceptors (Lipinski definition) is 4. The number of ether oxygens (including phenoxy) is 1. The van der Waals surface area contributed by atoms with Gasteiger partial charge in [0, 0.05) is 0 Å². The van der Waals surface area contributed by atoms with Crippen molar-refractivity contribution in [2.75, 3.05) is 6.61 Å². The zero-order chi connectivity index (χ0) is 14.9. The molecule has 0 radical (unpaired) electrons. The van der Waals surface area contributed by atoms with Crippen molar-refractivity contribution < 1.29 is 24.2 Å². The molecule has 0 heterocycles. The number of fused-ring (bicyclic) bond motifs is 2. The van der Waals surface area contributed by atoms with Gasteiger partial charge in [0.2, 0.25) is 5.91 Å². The molecule has 0 saturated heterocycles. The predicted molar refractivity (Wildman–Crippen MR) is 69.6 cm³/mol. The van der Waals surface area contributed by atoms with E-state index < -0.39 is 29.8 Å². The smallest absolute Gasteiger partial charge is 0.328 e. The van der Waals surface area contributed by atoms with Crippen molar-refractivity contribution in [1.29, 1.82) is 0 Å². The second kappa shape index (κ2) is 5.64. The van der Waals surface area contributed by atoms with Gasteiger partial charge in [-0.25, -0.2) is 4.79 Å². The average molecular weight is 281 g/mol. The van der Waals surface area contributed by atoms with Crippen LogP contribution in [0.3, 0.4) is 0 Å². The minimum atomic E-state index is -0.953. The van der Waals surface area contributed by atoms with Gasteiger partial charge in [0.15, 0.2) is 0 Å². The molecular weight excluding hydrogens is 262 g/mol. The van der Waals surface area contributed by atoms with Gasteiger partial charge >= 0.3 is 11.9 Å². The van der Waals surface area contributed by atoms with Crippen molar-refractivity contribution in [3.63, 3.8) is 0 Å². The summed E-state index contributed by atoms with van der Waals surface area (Å²) in [6.07, 6.45) is 4.48. The van der Waals surface area contributed by atoms with Gasteiger partial charge in [0.25, 0.3) is 0 Å². The number of allylic oxidation sites excluding steroid dienone is 2. The van der Waals surface area contributed by atoms with Crippen LogP contribution in [0.15, 0.2) is 12.2 Å². The molecule has 5 unspecified atom stereocenters. The maximum absolute atomic E-state index is 12.3. The van der Waals surface area contributed by atoms with Crippen molar-refractivity contribution in [3.05, 3.63) is 12.2 Å². The normalized spacial score (nSPS) is 31.9. The summed E-state index contributed by atoms with van der Waals surface area (Å²) in [6.45, 7) is 3.47. The van der Waals surface area contributed by atoms with Crippen LogP contribution in [0.25, 0.3) is 0 Å². The fraction of sp³-hybridized carbons (Fsp3) is 0.643. The maximum Gasteiger partial charge on any atom is 0.328 e. The van der Waals surface area contributed by atoms with E-state index in [-0.39, 0.29) is 24.3 Å². The number of carboxylic acid groups (broad SMARTS) is 1. The molecule has 0 aliphatic heterocycles. The molecule has 20 heavy (non-hydrogen) atoms. The Labute approximate surface area is 117 Å². The molecule has 2 N–H and O–H groups in total. The lowest BCUT2D eigenvalue weighted by Crippen LogP contribution is -2.46. The first-order chi connectivity index (χ1) is 9.45. The van der Waals surface area contributed by atoms with E-state index in [2.05, 4.69) is 5.32 Å². The molecule has 6 heteroatoms. The van der Waals surface area contributed by atoms with E-state index in [9.17, 15) is 19.5 Å². The monoisotopic (exact) mass is 281 g/mol. The van der Waals surface area contributed by atoms with Crippen LogP contribution in [0.2, 0.25) is 0 Å². The number of rotatable bonds is 5. The standard InChI is InChI=1S/C14H19NO5/c1-3-20-14(19)7(2)15-12(16)10-8-4-5-9(6-8)11(10)13(17)18/h4-5,7-11H,3,6H2,1-2H3,(H,15,16)(H,17,18). The number of aliphatic carboxylic acids is 1. The zero-order valence-electron chi connectivity index (χ0n) is 11.5. The Morgan fingerprint density at radius 2 is 1.90 bits per heavy atom. The number of carboxylic acids is 1. The summed E-state index contributed by atoms with van der Waals surface area (Å²) < 4.78 is 4.82. The number of esters is 1. The quantitative estimate of drug-likeness (QED) is 0.568. The second-order valence-electron chi connectivity index (χ2n) is 5.32. The first-order valence-corrected chi connectivity index (χ1v) is 6.83. The van der Waals surface area contributed by atoms with Crippen LogP contribution in [0, 0.1) is 23.7 Å². The van der Waals surface area contributed by atoms with E-state index in [1.807, 2.05) is 12.2 Å². The molecule has 2 aliphatic carbocycles. The van der Waals surface area contributed by atoms with Gasteiger partial charge in [-0.3, -0.25) is 9.59 Å². The topological polar surface area (TPSA) is 92.7 Å². The van der Waals surface area contributed by atoms with Crippen LogP contribution in [0.5, 0.6) is 0 Å². The van der Waals surface area contributed by atoms with E-state index in [0.29, 0.717) is 6.42 Å². The highest BCUT2D eigenvalue weighted by molar-refractivity contribution is 5.90. The molecule has 0 aromatic rings. The van der Waals surface area contributed by atoms with Gasteiger partial charge in [-0.1, -0.05) is 12.2 Å². The lowest BCUT2D eigenvalue weighted by molar-refractivity contribution is -0.150. The van der Waals surface area contributed by atoms with Gasteiger partial charge in [0.05, 0.1) is 18.4 Å². The van der Waals surface area contributed by atoms with Gasteiger partial charge in [0.1, 0.15) is 6.04 Å². The molecule has 5 atom stereocenters. The number of carbonyl (C=O) groups excluding carboxylic acids is 2. The van der Waals surface area contributed by atoms with Crippen molar-refractivity contribution in [2.45, 2.75) is 26.3 Å². The third-order valence-electron chi connectivity index (χ3n) is 4.05. The molecule has 2 rings (SSSR count). The van der Waals surface area contributed by atoms with Crippen LogP contribution in [0.1, 0.15) is 20.3 Å². The fourth-order valence-corrected chi connectivity index (χ4v) is 3.15. The SMILES string of the molecule is CCOC(=O)C(C)NC(=O)C1C2C=CC(C2)C1C(=O)O. The third kappa shape index (κ3) is 2.55. The lowest BCUT2D eigenvalue weighted by Gasteiger charge is -2.25. The minimum Gasteiger partial charge on any atom is -0.481 e. The Morgan fingerprint density at radius 1 is 1.30 bits per heavy atom. The van der Waals surface area contributed by atoms with Gasteiger partial charge < -0.3 is 15.2 Å². The van der Waals surface area contributed by atoms with Gasteiger partial charge in [-0.2, -0.15) is 0 Å². The Balaban J connectivity index is 2.03. The second-order valence-corrected chi connectivity index (χ2v) is 5.32. The minimum absolute atomic E-state index is 0.0458. The summed E-state index contributed by atoms with van der Waals surface area (Å²) in [6, 6.07) is -0.764.